The molecule has 1 unspecified atom stereocenters. The van der Waals surface area contributed by atoms with Gasteiger partial charge < -0.3 is 94.3 Å². The lowest BCUT2D eigenvalue weighted by atomic mass is 9.96. The van der Waals surface area contributed by atoms with Crippen molar-refractivity contribution in [2.45, 2.75) is 191 Å². The van der Waals surface area contributed by atoms with Gasteiger partial charge in [-0.1, -0.05) is 169 Å². The van der Waals surface area contributed by atoms with Crippen LogP contribution >= 0.6 is 0 Å². The number of aliphatic hydroxyl groups is 1. The van der Waals surface area contributed by atoms with Crippen molar-refractivity contribution in [3.8, 4) is 0 Å². The summed E-state index contributed by atoms with van der Waals surface area (Å²) >= 11 is 0. The highest BCUT2D eigenvalue weighted by Gasteiger charge is 2.42. The Balaban J connectivity index is 1.17. The Morgan fingerprint density at radius 1 is 0.518 bits per heavy atom. The molecule has 0 radical (unpaired) electrons. The van der Waals surface area contributed by atoms with Crippen LogP contribution in [-0.2, 0) is 109 Å². The summed E-state index contributed by atoms with van der Waals surface area (Å²) in [6.45, 7) is 9.99. The third kappa shape index (κ3) is 27.2. The summed E-state index contributed by atoms with van der Waals surface area (Å²) < 4.78 is 0. The van der Waals surface area contributed by atoms with Gasteiger partial charge >= 0.3 is 11.9 Å². The molecule has 2 aliphatic heterocycles. The first kappa shape index (κ1) is 88.8. The fraction of sp³-hybridized carbons (Fsp3) is 0.456. The number of imidazole rings is 1. The number of nitrogens with one attached hydrogen (secondary N) is 14. The Labute approximate surface area is 658 Å². The highest BCUT2D eigenvalue weighted by Crippen LogP contribution is 2.22. The average molecular weight is 1580 g/mol. The van der Waals surface area contributed by atoms with Crippen molar-refractivity contribution in [1.29, 1.82) is 0 Å². The molecule has 612 valence electrons. The first-order chi connectivity index (χ1) is 54.3. The van der Waals surface area contributed by atoms with E-state index in [4.69, 9.17) is 0 Å². The number of aliphatic carboxylic acids is 2. The maximum atomic E-state index is 15.3. The van der Waals surface area contributed by atoms with Gasteiger partial charge in [-0.2, -0.15) is 0 Å². The van der Waals surface area contributed by atoms with Gasteiger partial charge in [-0.05, 0) is 66.2 Å². The van der Waals surface area contributed by atoms with Gasteiger partial charge in [-0.15, -0.1) is 0 Å². The number of carboxylic acid groups (broad SMARTS) is 2. The summed E-state index contributed by atoms with van der Waals surface area (Å²) in [5, 5.41) is 62.7. The quantitative estimate of drug-likeness (QED) is 0.0241. The number of hydrogen-bond acceptors (Lipinski definition) is 18. The topological polar surface area (TPSA) is 522 Å². The van der Waals surface area contributed by atoms with E-state index in [2.05, 4.69) is 73.8 Å². The number of amides is 14. The second-order valence-electron chi connectivity index (χ2n) is 29.0. The van der Waals surface area contributed by atoms with E-state index in [0.29, 0.717) is 28.7 Å². The molecule has 2 saturated heterocycles. The van der Waals surface area contributed by atoms with Crippen molar-refractivity contribution in [3.05, 3.63) is 162 Å². The number of carbonyl (C=O) groups excluding carboxylic acids is 14. The first-order valence-electron chi connectivity index (χ1n) is 37.7. The van der Waals surface area contributed by atoms with Crippen LogP contribution in [0.2, 0.25) is 0 Å². The van der Waals surface area contributed by atoms with E-state index in [1.807, 2.05) is 5.32 Å². The molecule has 7 rings (SSSR count). The van der Waals surface area contributed by atoms with Crippen molar-refractivity contribution in [2.24, 2.45) is 17.8 Å². The van der Waals surface area contributed by atoms with Crippen molar-refractivity contribution in [1.82, 2.24) is 84.0 Å². The minimum atomic E-state index is -2.61. The van der Waals surface area contributed by atoms with Crippen LogP contribution in [0, 0.1) is 17.8 Å². The Hall–Kier alpha value is -12.4. The monoisotopic (exact) mass is 1580 g/mol. The number of fused-ring (bicyclic) bond motifs is 1. The van der Waals surface area contributed by atoms with Gasteiger partial charge in [0.25, 0.3) is 0 Å². The summed E-state index contributed by atoms with van der Waals surface area (Å²) in [7, 11) is 0. The zero-order valence-electron chi connectivity index (χ0n) is 64.4. The normalized spacial score (nSPS) is 20.5. The molecule has 5 aromatic rings. The van der Waals surface area contributed by atoms with Crippen LogP contribution < -0.4 is 69.1 Å². The number of aromatic amines is 1. The number of aliphatic hydroxyl groups excluding tert-OH is 1. The fourth-order valence-electron chi connectivity index (χ4n) is 12.8. The Morgan fingerprint density at radius 2 is 1.01 bits per heavy atom. The number of H-pyrrole nitrogens is 1. The SMILES string of the molecule is CC[C@H](C)[C@H](NC(=O)[C@H](Cc1ccccc1)NC(=O)[C@H](Cc1ccccc1)NC(=O)[C@@H]1CC(=O)NCC(=O)N[C@@H](C(C)C)C(=O)NCC(=O)N[C@@H](Cc2ccccc2)C(=O)N2CCC[C@H]2C(=O)N[C@@H](CC(C)C)C(=O)N[C@@H](C)C(=O)N1)C(=O)N[C@@H](Cc1c[nH]cn1)C(=O)N[C@@H](Cc1ccccc1)C(=O)N[C@H](C(=O)O)C(O)C(=O)O. The number of carbonyl (C=O) groups is 16. The van der Waals surface area contributed by atoms with Gasteiger partial charge in [0.15, 0.2) is 12.1 Å². The van der Waals surface area contributed by atoms with E-state index in [9.17, 15) is 77.6 Å². The molecular weight excluding hydrogens is 1480 g/mol. The van der Waals surface area contributed by atoms with E-state index in [0.717, 1.165) is 0 Å². The highest BCUT2D eigenvalue weighted by molar-refractivity contribution is 6.01. The summed E-state index contributed by atoms with van der Waals surface area (Å²) in [6.07, 6.45) is -1.32. The number of hydrogen-bond donors (Lipinski definition) is 17. The predicted molar refractivity (Wildman–Crippen MR) is 410 cm³/mol. The van der Waals surface area contributed by atoms with Crippen molar-refractivity contribution >= 4 is 94.6 Å². The summed E-state index contributed by atoms with van der Waals surface area (Å²) in [5.41, 5.74) is 2.26. The van der Waals surface area contributed by atoms with Crippen LogP contribution in [0.25, 0.3) is 0 Å². The Kier molecular flexibility index (Phi) is 33.8. The second-order valence-corrected chi connectivity index (χ2v) is 29.0. The van der Waals surface area contributed by atoms with Crippen molar-refractivity contribution in [3.63, 3.8) is 0 Å². The maximum Gasteiger partial charge on any atom is 0.335 e. The zero-order valence-corrected chi connectivity index (χ0v) is 64.4. The molecular formula is C79H102N16O19. The average Bonchev–Trinajstić information content (AvgIpc) is 1.59. The number of benzene rings is 4. The van der Waals surface area contributed by atoms with Crippen LogP contribution in [0.3, 0.4) is 0 Å². The van der Waals surface area contributed by atoms with E-state index in [-0.39, 0.29) is 69.5 Å². The fourth-order valence-corrected chi connectivity index (χ4v) is 12.8. The summed E-state index contributed by atoms with van der Waals surface area (Å²) in [5.74, 6) is -18.6. The molecule has 0 aliphatic carbocycles. The molecule has 35 heteroatoms. The molecule has 4 aromatic carbocycles. The molecule has 35 nitrogen and oxygen atoms in total. The molecule has 3 heterocycles. The summed E-state index contributed by atoms with van der Waals surface area (Å²) in [4.78, 5) is 234. The standard InChI is InChI=1S/C79H102N16O19/c1-8-45(6)64(76(109)91-56(37-51-39-80-42-83-51)70(103)89-55(35-49-26-17-11-18-27-49)73(106)94-65(78(111)112)66(99)79(113)114)93-72(105)54(34-48-24-15-10-16-25-48)88-69(102)53(33-47-22-13-9-14-23-47)87-71(104)57-38-60(96)81-40-62(98)92-63(44(4)5)75(108)82-41-61(97)85-58(36-50-28-19-12-20-29-50)77(110)95-31-21-30-59(95)74(107)90-52(32-43(2)3)68(101)84-46(7)67(100)86-57/h9-20,22-29,39,42-46,52-59,63-66,99H,8,21,30-38,40-41H2,1-7H3,(H,80,83)(H,81,96)(H,82,108)(H,84,101)(H,85,97)(H,86,100)(H,87,104)(H,88,102)(H,89,103)(H,90,107)(H,91,109)(H,92,98)(H,93,105)(H,94,106)(H,111,112)(H,113,114)/t45-,46-,52-,53-,54-,55-,56-,57-,58-,59-,63-,64-,65-,66?/m0/s1. The summed E-state index contributed by atoms with van der Waals surface area (Å²) in [6, 6.07) is 14.5. The van der Waals surface area contributed by atoms with Crippen LogP contribution in [0.4, 0.5) is 0 Å². The molecule has 0 saturated carbocycles. The number of aromatic nitrogens is 2. The van der Waals surface area contributed by atoms with Gasteiger partial charge in [0.05, 0.1) is 31.5 Å². The van der Waals surface area contributed by atoms with Crippen molar-refractivity contribution < 1.29 is 92.0 Å². The smallest absolute Gasteiger partial charge is 0.335 e. The largest absolute Gasteiger partial charge is 0.480 e. The van der Waals surface area contributed by atoms with Crippen molar-refractivity contribution in [2.75, 3.05) is 19.6 Å². The molecule has 2 fully saturated rings. The number of carboxylic acids is 2. The van der Waals surface area contributed by atoms with E-state index in [1.54, 1.807) is 163 Å². The lowest BCUT2D eigenvalue weighted by Crippen LogP contribution is -2.62. The number of rotatable bonds is 30. The third-order valence-corrected chi connectivity index (χ3v) is 19.3. The number of nitrogens with zero attached hydrogens (tertiary/aromatic N) is 2. The Morgan fingerprint density at radius 3 is 1.51 bits per heavy atom. The van der Waals surface area contributed by atoms with E-state index >= 15 is 14.4 Å². The molecule has 14 atom stereocenters. The van der Waals surface area contributed by atoms with Gasteiger partial charge in [0.1, 0.15) is 66.5 Å². The molecule has 2 aliphatic rings. The van der Waals surface area contributed by atoms with Crippen LogP contribution in [-0.4, -0.2) is 223 Å². The predicted octanol–water partition coefficient (Wildman–Crippen LogP) is -1.82. The van der Waals surface area contributed by atoms with Crippen LogP contribution in [0.15, 0.2) is 134 Å². The lowest BCUT2D eigenvalue weighted by molar-refractivity contribution is -0.157. The minimum Gasteiger partial charge on any atom is -0.480 e. The van der Waals surface area contributed by atoms with Gasteiger partial charge in [-0.25, -0.2) is 14.6 Å². The van der Waals surface area contributed by atoms with Gasteiger partial charge in [-0.3, -0.25) is 67.1 Å². The van der Waals surface area contributed by atoms with Gasteiger partial charge in [0, 0.05) is 44.8 Å². The van der Waals surface area contributed by atoms with Gasteiger partial charge in [0.2, 0.25) is 82.7 Å². The van der Waals surface area contributed by atoms with E-state index < -0.39 is 205 Å². The molecule has 0 bridgehead atoms. The molecule has 1 aromatic heterocycles. The van der Waals surface area contributed by atoms with Crippen LogP contribution in [0.1, 0.15) is 109 Å². The Bertz CT molecular complexity index is 4180. The molecule has 17 N–H and O–H groups in total. The zero-order chi connectivity index (χ0) is 83.3. The third-order valence-electron chi connectivity index (χ3n) is 19.3. The lowest BCUT2D eigenvalue weighted by Gasteiger charge is -2.30. The molecule has 114 heavy (non-hydrogen) atoms. The molecule has 0 spiro atoms. The highest BCUT2D eigenvalue weighted by atomic mass is 16.4. The minimum absolute atomic E-state index is 0.0117. The first-order valence-corrected chi connectivity index (χ1v) is 37.7. The maximum absolute atomic E-state index is 15.3. The van der Waals surface area contributed by atoms with Crippen LogP contribution in [0.5, 0.6) is 0 Å². The second kappa shape index (κ2) is 43.4. The molecule has 14 amide bonds. The van der Waals surface area contributed by atoms with E-state index in [1.165, 1.54) is 24.3 Å².